The van der Waals surface area contributed by atoms with Gasteiger partial charge in [-0.2, -0.15) is 5.10 Å². The molecule has 0 spiro atoms. The van der Waals surface area contributed by atoms with Crippen LogP contribution in [0.15, 0.2) is 55.1 Å². The van der Waals surface area contributed by atoms with E-state index in [1.165, 1.54) is 11.9 Å². The number of nitrogens with zero attached hydrogens (tertiary/aromatic N) is 4. The van der Waals surface area contributed by atoms with Crippen LogP contribution in [0.1, 0.15) is 24.1 Å². The highest BCUT2D eigenvalue weighted by Gasteiger charge is 2.14. The van der Waals surface area contributed by atoms with Gasteiger partial charge in [0.15, 0.2) is 0 Å². The Balaban J connectivity index is 1.74. The lowest BCUT2D eigenvalue weighted by molar-refractivity contribution is 0.249. The number of aromatic nitrogens is 3. The van der Waals surface area contributed by atoms with Crippen molar-refractivity contribution in [3.8, 4) is 11.4 Å². The quantitative estimate of drug-likeness (QED) is 0.666. The van der Waals surface area contributed by atoms with Crippen molar-refractivity contribution in [3.63, 3.8) is 0 Å². The van der Waals surface area contributed by atoms with Crippen molar-refractivity contribution in [2.45, 2.75) is 19.5 Å². The Morgan fingerprint density at radius 1 is 1.20 bits per heavy atom. The molecule has 0 amide bonds. The van der Waals surface area contributed by atoms with E-state index in [4.69, 9.17) is 16.3 Å². The standard InChI is InChI=1S/C19H21ClN4O/c1-14(15-4-7-18(8-5-15)24-13-21-12-22-24)23(2)11-16-10-17(20)6-9-19(16)25-3/h4-10,12-14H,11H2,1-3H3. The molecule has 1 aromatic heterocycles. The van der Waals surface area contributed by atoms with Crippen LogP contribution in [-0.4, -0.2) is 33.8 Å². The number of halogens is 1. The van der Waals surface area contributed by atoms with E-state index < -0.39 is 0 Å². The van der Waals surface area contributed by atoms with Gasteiger partial charge in [0.25, 0.3) is 0 Å². The van der Waals surface area contributed by atoms with Gasteiger partial charge < -0.3 is 4.74 Å². The Kier molecular flexibility index (Phi) is 5.36. The zero-order valence-corrected chi connectivity index (χ0v) is 15.3. The average Bonchev–Trinajstić information content (AvgIpc) is 3.16. The summed E-state index contributed by atoms with van der Waals surface area (Å²) < 4.78 is 7.19. The Morgan fingerprint density at radius 3 is 2.60 bits per heavy atom. The molecule has 0 aliphatic rings. The van der Waals surface area contributed by atoms with Gasteiger partial charge in [0.05, 0.1) is 12.8 Å². The highest BCUT2D eigenvalue weighted by molar-refractivity contribution is 6.30. The monoisotopic (exact) mass is 356 g/mol. The first-order valence-corrected chi connectivity index (χ1v) is 8.44. The van der Waals surface area contributed by atoms with E-state index in [-0.39, 0.29) is 6.04 Å². The van der Waals surface area contributed by atoms with E-state index in [9.17, 15) is 0 Å². The number of benzene rings is 2. The maximum atomic E-state index is 6.13. The molecule has 0 bridgehead atoms. The molecule has 5 nitrogen and oxygen atoms in total. The van der Waals surface area contributed by atoms with Crippen LogP contribution in [0.5, 0.6) is 5.75 Å². The molecule has 6 heteroatoms. The number of ether oxygens (including phenoxy) is 1. The smallest absolute Gasteiger partial charge is 0.138 e. The van der Waals surface area contributed by atoms with Crippen molar-refractivity contribution in [2.75, 3.05) is 14.2 Å². The molecule has 0 N–H and O–H groups in total. The topological polar surface area (TPSA) is 43.2 Å². The van der Waals surface area contributed by atoms with Gasteiger partial charge in [-0.05, 0) is 49.9 Å². The van der Waals surface area contributed by atoms with Crippen LogP contribution in [0.4, 0.5) is 0 Å². The van der Waals surface area contributed by atoms with Crippen LogP contribution in [-0.2, 0) is 6.54 Å². The normalized spacial score (nSPS) is 12.4. The maximum absolute atomic E-state index is 6.13. The fourth-order valence-corrected chi connectivity index (χ4v) is 2.97. The Morgan fingerprint density at radius 2 is 1.96 bits per heavy atom. The predicted molar refractivity (Wildman–Crippen MR) is 99.2 cm³/mol. The fourth-order valence-electron chi connectivity index (χ4n) is 2.78. The Bertz CT molecular complexity index is 818. The molecule has 0 saturated carbocycles. The first-order valence-electron chi connectivity index (χ1n) is 8.06. The average molecular weight is 357 g/mol. The molecule has 0 aliphatic carbocycles. The van der Waals surface area contributed by atoms with E-state index in [2.05, 4.69) is 41.1 Å². The minimum atomic E-state index is 0.244. The highest BCUT2D eigenvalue weighted by atomic mass is 35.5. The van der Waals surface area contributed by atoms with E-state index >= 15 is 0 Å². The second-order valence-electron chi connectivity index (χ2n) is 5.98. The van der Waals surface area contributed by atoms with E-state index in [1.807, 2.05) is 30.3 Å². The number of methoxy groups -OCH3 is 1. The van der Waals surface area contributed by atoms with Gasteiger partial charge >= 0.3 is 0 Å². The summed E-state index contributed by atoms with van der Waals surface area (Å²) >= 11 is 6.13. The number of rotatable bonds is 6. The fraction of sp³-hybridized carbons (Fsp3) is 0.263. The van der Waals surface area contributed by atoms with Crippen molar-refractivity contribution < 1.29 is 4.74 Å². The van der Waals surface area contributed by atoms with E-state index in [0.29, 0.717) is 5.02 Å². The highest BCUT2D eigenvalue weighted by Crippen LogP contribution is 2.27. The summed E-state index contributed by atoms with van der Waals surface area (Å²) in [5, 5.41) is 4.86. The molecule has 0 radical (unpaired) electrons. The summed E-state index contributed by atoms with van der Waals surface area (Å²) in [6.45, 7) is 2.93. The lowest BCUT2D eigenvalue weighted by atomic mass is 10.1. The van der Waals surface area contributed by atoms with Gasteiger partial charge in [-0.1, -0.05) is 23.7 Å². The summed E-state index contributed by atoms with van der Waals surface area (Å²) in [5.74, 6) is 0.852. The molecule has 0 saturated heterocycles. The summed E-state index contributed by atoms with van der Waals surface area (Å²) in [6, 6.07) is 14.3. The molecular formula is C19H21ClN4O. The minimum absolute atomic E-state index is 0.244. The van der Waals surface area contributed by atoms with Gasteiger partial charge in [-0.25, -0.2) is 9.67 Å². The lowest BCUT2D eigenvalue weighted by Gasteiger charge is -2.26. The molecule has 1 heterocycles. The van der Waals surface area contributed by atoms with Crippen molar-refractivity contribution in [1.29, 1.82) is 0 Å². The molecular weight excluding hydrogens is 336 g/mol. The second-order valence-corrected chi connectivity index (χ2v) is 6.42. The van der Waals surface area contributed by atoms with Crippen molar-refractivity contribution in [3.05, 3.63) is 71.3 Å². The molecule has 0 fully saturated rings. The molecule has 130 valence electrons. The third-order valence-electron chi connectivity index (χ3n) is 4.38. The molecule has 0 aliphatic heterocycles. The SMILES string of the molecule is COc1ccc(Cl)cc1CN(C)C(C)c1ccc(-n2cncn2)cc1. The molecule has 1 unspecified atom stereocenters. The van der Waals surface area contributed by atoms with Crippen molar-refractivity contribution in [2.24, 2.45) is 0 Å². The first kappa shape index (κ1) is 17.5. The maximum Gasteiger partial charge on any atom is 0.138 e. The zero-order chi connectivity index (χ0) is 17.8. The van der Waals surface area contributed by atoms with Gasteiger partial charge in [0.1, 0.15) is 18.4 Å². The third-order valence-corrected chi connectivity index (χ3v) is 4.62. The van der Waals surface area contributed by atoms with Crippen LogP contribution in [0.2, 0.25) is 5.02 Å². The van der Waals surface area contributed by atoms with Crippen LogP contribution < -0.4 is 4.74 Å². The summed E-state index contributed by atoms with van der Waals surface area (Å²) in [5.41, 5.74) is 3.29. The van der Waals surface area contributed by atoms with Crippen LogP contribution in [0, 0.1) is 0 Å². The molecule has 2 aromatic carbocycles. The van der Waals surface area contributed by atoms with Crippen molar-refractivity contribution in [1.82, 2.24) is 19.7 Å². The molecule has 3 aromatic rings. The largest absolute Gasteiger partial charge is 0.496 e. The van der Waals surface area contributed by atoms with Crippen LogP contribution in [0.25, 0.3) is 5.69 Å². The van der Waals surface area contributed by atoms with Crippen molar-refractivity contribution >= 4 is 11.6 Å². The minimum Gasteiger partial charge on any atom is -0.496 e. The molecule has 1 atom stereocenters. The van der Waals surface area contributed by atoms with Gasteiger partial charge in [-0.3, -0.25) is 4.90 Å². The summed E-state index contributed by atoms with van der Waals surface area (Å²) in [6.07, 6.45) is 3.22. The van der Waals surface area contributed by atoms with Crippen LogP contribution >= 0.6 is 11.6 Å². The Hall–Kier alpha value is -2.37. The molecule has 3 rings (SSSR count). The van der Waals surface area contributed by atoms with E-state index in [0.717, 1.165) is 23.5 Å². The van der Waals surface area contributed by atoms with Gasteiger partial charge in [0, 0.05) is 23.2 Å². The second kappa shape index (κ2) is 7.68. The summed E-state index contributed by atoms with van der Waals surface area (Å²) in [7, 11) is 3.77. The Labute approximate surface area is 152 Å². The van der Waals surface area contributed by atoms with Gasteiger partial charge in [-0.15, -0.1) is 0 Å². The first-order chi connectivity index (χ1) is 12.1. The zero-order valence-electron chi connectivity index (χ0n) is 14.6. The summed E-state index contributed by atoms with van der Waals surface area (Å²) in [4.78, 5) is 6.24. The van der Waals surface area contributed by atoms with E-state index in [1.54, 1.807) is 18.1 Å². The lowest BCUT2D eigenvalue weighted by Crippen LogP contribution is -2.22. The predicted octanol–water partition coefficient (Wildman–Crippen LogP) is 4.12. The van der Waals surface area contributed by atoms with Gasteiger partial charge in [0.2, 0.25) is 0 Å². The van der Waals surface area contributed by atoms with Crippen LogP contribution in [0.3, 0.4) is 0 Å². The number of hydrogen-bond donors (Lipinski definition) is 0. The third kappa shape index (κ3) is 4.00. The molecule has 25 heavy (non-hydrogen) atoms. The number of hydrogen-bond acceptors (Lipinski definition) is 4.